The summed E-state index contributed by atoms with van der Waals surface area (Å²) in [6.45, 7) is 0.857. The SMILES string of the molecule is O=C(NNC(=O)c1ccco1)c1ccc(S(=O)(=O)NC[C@H]2CCCO2)cc1. The molecule has 0 bridgehead atoms. The second-order valence-corrected chi connectivity index (χ2v) is 7.66. The van der Waals surface area contributed by atoms with E-state index in [0.29, 0.717) is 6.61 Å². The molecule has 144 valence electrons. The number of amides is 2. The lowest BCUT2D eigenvalue weighted by Crippen LogP contribution is -2.41. The van der Waals surface area contributed by atoms with E-state index >= 15 is 0 Å². The van der Waals surface area contributed by atoms with Crippen molar-refractivity contribution in [2.75, 3.05) is 13.2 Å². The molecule has 0 spiro atoms. The van der Waals surface area contributed by atoms with Crippen molar-refractivity contribution in [3.63, 3.8) is 0 Å². The molecule has 0 radical (unpaired) electrons. The van der Waals surface area contributed by atoms with Crippen molar-refractivity contribution in [1.29, 1.82) is 0 Å². The van der Waals surface area contributed by atoms with Crippen LogP contribution in [0.1, 0.15) is 33.8 Å². The smallest absolute Gasteiger partial charge is 0.305 e. The topological polar surface area (TPSA) is 127 Å². The van der Waals surface area contributed by atoms with Crippen LogP contribution in [0.25, 0.3) is 0 Å². The van der Waals surface area contributed by atoms with Crippen LogP contribution in [0.15, 0.2) is 52.0 Å². The summed E-state index contributed by atoms with van der Waals surface area (Å²) >= 11 is 0. The zero-order valence-corrected chi connectivity index (χ0v) is 15.1. The Labute approximate surface area is 156 Å². The van der Waals surface area contributed by atoms with Crippen LogP contribution in [0, 0.1) is 0 Å². The molecule has 3 rings (SSSR count). The molecule has 1 aliphatic heterocycles. The lowest BCUT2D eigenvalue weighted by atomic mass is 10.2. The Morgan fingerprint density at radius 1 is 1.07 bits per heavy atom. The van der Waals surface area contributed by atoms with Gasteiger partial charge < -0.3 is 9.15 Å². The van der Waals surface area contributed by atoms with Crippen molar-refractivity contribution in [1.82, 2.24) is 15.6 Å². The Bertz CT molecular complexity index is 887. The molecule has 1 aromatic heterocycles. The Morgan fingerprint density at radius 3 is 2.44 bits per heavy atom. The van der Waals surface area contributed by atoms with E-state index < -0.39 is 21.8 Å². The van der Waals surface area contributed by atoms with E-state index in [2.05, 4.69) is 15.6 Å². The first-order chi connectivity index (χ1) is 13.0. The lowest BCUT2D eigenvalue weighted by molar-refractivity contribution is 0.0831. The normalized spacial score (nSPS) is 16.8. The molecule has 10 heteroatoms. The minimum absolute atomic E-state index is 0.0386. The molecule has 9 nitrogen and oxygen atoms in total. The first kappa shape index (κ1) is 19.1. The zero-order chi connectivity index (χ0) is 19.3. The number of hydrazine groups is 1. The van der Waals surface area contributed by atoms with Gasteiger partial charge in [-0.05, 0) is 49.2 Å². The average Bonchev–Trinajstić information content (AvgIpc) is 3.38. The highest BCUT2D eigenvalue weighted by Gasteiger charge is 2.20. The molecule has 3 N–H and O–H groups in total. The summed E-state index contributed by atoms with van der Waals surface area (Å²) < 4.78 is 37.4. The first-order valence-electron chi connectivity index (χ1n) is 8.31. The van der Waals surface area contributed by atoms with Crippen LogP contribution in [-0.4, -0.2) is 39.5 Å². The third-order valence-corrected chi connectivity index (χ3v) is 5.43. The maximum absolute atomic E-state index is 12.3. The van der Waals surface area contributed by atoms with Gasteiger partial charge >= 0.3 is 5.91 Å². The summed E-state index contributed by atoms with van der Waals surface area (Å²) in [4.78, 5) is 23.8. The summed E-state index contributed by atoms with van der Waals surface area (Å²) in [7, 11) is -3.69. The molecule has 27 heavy (non-hydrogen) atoms. The summed E-state index contributed by atoms with van der Waals surface area (Å²) in [6, 6.07) is 8.35. The predicted molar refractivity (Wildman–Crippen MR) is 94.2 cm³/mol. The monoisotopic (exact) mass is 393 g/mol. The molecular weight excluding hydrogens is 374 g/mol. The highest BCUT2D eigenvalue weighted by molar-refractivity contribution is 7.89. The fourth-order valence-corrected chi connectivity index (χ4v) is 3.60. The molecule has 1 aromatic carbocycles. The number of carbonyl (C=O) groups excluding carboxylic acids is 2. The minimum atomic E-state index is -3.69. The molecule has 2 amide bonds. The summed E-state index contributed by atoms with van der Waals surface area (Å²) in [5, 5.41) is 0. The summed E-state index contributed by atoms with van der Waals surface area (Å²) in [5.41, 5.74) is 4.62. The van der Waals surface area contributed by atoms with Crippen LogP contribution >= 0.6 is 0 Å². The second-order valence-electron chi connectivity index (χ2n) is 5.90. The van der Waals surface area contributed by atoms with Gasteiger partial charge in [0.1, 0.15) is 0 Å². The van der Waals surface area contributed by atoms with E-state index in [1.54, 1.807) is 6.07 Å². The molecular formula is C17H19N3O6S. The van der Waals surface area contributed by atoms with Gasteiger partial charge in [-0.2, -0.15) is 0 Å². The van der Waals surface area contributed by atoms with Crippen LogP contribution in [0.3, 0.4) is 0 Å². The molecule has 1 fully saturated rings. The average molecular weight is 393 g/mol. The van der Waals surface area contributed by atoms with Gasteiger partial charge in [-0.15, -0.1) is 0 Å². The molecule has 0 unspecified atom stereocenters. The van der Waals surface area contributed by atoms with Crippen LogP contribution < -0.4 is 15.6 Å². The van der Waals surface area contributed by atoms with E-state index in [-0.39, 0.29) is 28.9 Å². The molecule has 1 aliphatic rings. The molecule has 1 saturated heterocycles. The first-order valence-corrected chi connectivity index (χ1v) is 9.79. The Balaban J connectivity index is 1.55. The van der Waals surface area contributed by atoms with Crippen molar-refractivity contribution < 1.29 is 27.2 Å². The van der Waals surface area contributed by atoms with Crippen LogP contribution in [0.5, 0.6) is 0 Å². The quantitative estimate of drug-likeness (QED) is 0.624. The molecule has 1 atom stereocenters. The Kier molecular flexibility index (Phi) is 5.89. The van der Waals surface area contributed by atoms with Gasteiger partial charge in [-0.25, -0.2) is 13.1 Å². The van der Waals surface area contributed by atoms with Crippen molar-refractivity contribution in [3.8, 4) is 0 Å². The number of benzene rings is 1. The predicted octanol–water partition coefficient (Wildman–Crippen LogP) is 0.812. The van der Waals surface area contributed by atoms with Crippen LogP contribution in [0.4, 0.5) is 0 Å². The molecule has 0 aliphatic carbocycles. The fourth-order valence-electron chi connectivity index (χ4n) is 2.53. The van der Waals surface area contributed by atoms with Crippen molar-refractivity contribution in [2.24, 2.45) is 0 Å². The van der Waals surface area contributed by atoms with Crippen molar-refractivity contribution in [2.45, 2.75) is 23.8 Å². The van der Waals surface area contributed by atoms with Gasteiger partial charge in [-0.1, -0.05) is 0 Å². The van der Waals surface area contributed by atoms with E-state index in [1.807, 2.05) is 0 Å². The minimum Gasteiger partial charge on any atom is -0.459 e. The fraction of sp³-hybridized carbons (Fsp3) is 0.294. The molecule has 2 heterocycles. The Hall–Kier alpha value is -2.69. The number of nitrogens with one attached hydrogen (secondary N) is 3. The highest BCUT2D eigenvalue weighted by Crippen LogP contribution is 2.14. The number of rotatable bonds is 6. The number of furan rings is 1. The van der Waals surface area contributed by atoms with Crippen molar-refractivity contribution >= 4 is 21.8 Å². The standard InChI is InChI=1S/C17H19N3O6S/c21-16(19-20-17(22)15-4-2-10-26-15)12-5-7-14(8-6-12)27(23,24)18-11-13-3-1-9-25-13/h2,4-8,10,13,18H,1,3,9,11H2,(H,19,21)(H,20,22)/t13-/m1/s1. The van der Waals surface area contributed by atoms with Gasteiger partial charge in [0, 0.05) is 18.7 Å². The number of sulfonamides is 1. The van der Waals surface area contributed by atoms with Crippen LogP contribution in [0.2, 0.25) is 0 Å². The van der Waals surface area contributed by atoms with Gasteiger partial charge in [0.15, 0.2) is 5.76 Å². The van der Waals surface area contributed by atoms with Gasteiger partial charge in [-0.3, -0.25) is 20.4 Å². The van der Waals surface area contributed by atoms with E-state index in [9.17, 15) is 18.0 Å². The zero-order valence-electron chi connectivity index (χ0n) is 14.3. The summed E-state index contributed by atoms with van der Waals surface area (Å²) in [6.07, 6.45) is 2.98. The van der Waals surface area contributed by atoms with Crippen LogP contribution in [-0.2, 0) is 14.8 Å². The van der Waals surface area contributed by atoms with Crippen molar-refractivity contribution in [3.05, 3.63) is 54.0 Å². The number of ether oxygens (including phenoxy) is 1. The summed E-state index contributed by atoms with van der Waals surface area (Å²) in [5.74, 6) is -1.15. The second kappa shape index (κ2) is 8.33. The number of hydrogen-bond acceptors (Lipinski definition) is 6. The third kappa shape index (κ3) is 4.94. The number of hydrogen-bond donors (Lipinski definition) is 3. The van der Waals surface area contributed by atoms with E-state index in [4.69, 9.17) is 9.15 Å². The maximum atomic E-state index is 12.3. The lowest BCUT2D eigenvalue weighted by Gasteiger charge is -2.12. The third-order valence-electron chi connectivity index (χ3n) is 3.99. The van der Waals surface area contributed by atoms with E-state index in [1.165, 1.54) is 36.6 Å². The molecule has 0 saturated carbocycles. The van der Waals surface area contributed by atoms with Gasteiger partial charge in [0.25, 0.3) is 5.91 Å². The van der Waals surface area contributed by atoms with Gasteiger partial charge in [0.05, 0.1) is 17.3 Å². The maximum Gasteiger partial charge on any atom is 0.305 e. The van der Waals surface area contributed by atoms with Gasteiger partial charge in [0.2, 0.25) is 10.0 Å². The molecule has 2 aromatic rings. The number of carbonyl (C=O) groups is 2. The van der Waals surface area contributed by atoms with E-state index in [0.717, 1.165) is 12.8 Å². The highest BCUT2D eigenvalue weighted by atomic mass is 32.2. The largest absolute Gasteiger partial charge is 0.459 e. The Morgan fingerprint density at radius 2 is 1.81 bits per heavy atom.